The van der Waals surface area contributed by atoms with E-state index in [4.69, 9.17) is 10.8 Å². The Bertz CT molecular complexity index is 459. The monoisotopic (exact) mass is 245 g/mol. The van der Waals surface area contributed by atoms with Crippen LogP contribution in [-0.4, -0.2) is 42.5 Å². The van der Waals surface area contributed by atoms with E-state index in [1.54, 1.807) is 0 Å². The van der Waals surface area contributed by atoms with Crippen LogP contribution in [-0.2, 0) is 10.0 Å². The standard InChI is InChI=1S/C9H15N3O3S/c1-7(13)6-12(2)16(14,15)8-3-4-11-9(10)5-8/h3-5,7,13H,6H2,1-2H3,(H2,10,11). The van der Waals surface area contributed by atoms with Crippen LogP contribution in [0.5, 0.6) is 0 Å². The molecule has 16 heavy (non-hydrogen) atoms. The van der Waals surface area contributed by atoms with Crippen LogP contribution in [0.25, 0.3) is 0 Å². The van der Waals surface area contributed by atoms with Gasteiger partial charge in [0.1, 0.15) is 5.82 Å². The summed E-state index contributed by atoms with van der Waals surface area (Å²) in [6, 6.07) is 2.65. The van der Waals surface area contributed by atoms with Crippen LogP contribution in [0.1, 0.15) is 6.92 Å². The summed E-state index contributed by atoms with van der Waals surface area (Å²) in [7, 11) is -2.20. The van der Waals surface area contributed by atoms with Gasteiger partial charge >= 0.3 is 0 Å². The van der Waals surface area contributed by atoms with Crippen molar-refractivity contribution in [2.75, 3.05) is 19.3 Å². The number of aliphatic hydroxyl groups is 1. The van der Waals surface area contributed by atoms with Crippen LogP contribution in [0.3, 0.4) is 0 Å². The van der Waals surface area contributed by atoms with Crippen molar-refractivity contribution in [3.63, 3.8) is 0 Å². The van der Waals surface area contributed by atoms with Gasteiger partial charge in [0.2, 0.25) is 10.0 Å². The molecule has 6 nitrogen and oxygen atoms in total. The number of aromatic nitrogens is 1. The fraction of sp³-hybridized carbons (Fsp3) is 0.444. The Hall–Kier alpha value is -1.18. The van der Waals surface area contributed by atoms with E-state index >= 15 is 0 Å². The van der Waals surface area contributed by atoms with E-state index in [1.807, 2.05) is 0 Å². The number of hydrogen-bond acceptors (Lipinski definition) is 5. The highest BCUT2D eigenvalue weighted by Gasteiger charge is 2.21. The van der Waals surface area contributed by atoms with Gasteiger partial charge in [-0.3, -0.25) is 0 Å². The Balaban J connectivity index is 3.02. The van der Waals surface area contributed by atoms with Crippen molar-refractivity contribution in [2.24, 2.45) is 0 Å². The summed E-state index contributed by atoms with van der Waals surface area (Å²) in [5.41, 5.74) is 5.41. The van der Waals surface area contributed by atoms with Gasteiger partial charge in [-0.2, -0.15) is 4.31 Å². The quantitative estimate of drug-likeness (QED) is 0.756. The Morgan fingerprint density at radius 1 is 1.62 bits per heavy atom. The molecule has 1 atom stereocenters. The van der Waals surface area contributed by atoms with E-state index in [1.165, 1.54) is 32.3 Å². The van der Waals surface area contributed by atoms with Crippen LogP contribution in [0.15, 0.2) is 23.2 Å². The molecule has 0 saturated heterocycles. The topological polar surface area (TPSA) is 96.5 Å². The third-order valence-electron chi connectivity index (χ3n) is 1.98. The predicted molar refractivity (Wildman–Crippen MR) is 60.1 cm³/mol. The van der Waals surface area contributed by atoms with E-state index < -0.39 is 16.1 Å². The molecule has 0 bridgehead atoms. The number of hydrogen-bond donors (Lipinski definition) is 2. The lowest BCUT2D eigenvalue weighted by molar-refractivity contribution is 0.171. The molecule has 0 aliphatic carbocycles. The molecule has 3 N–H and O–H groups in total. The maximum absolute atomic E-state index is 12.0. The predicted octanol–water partition coefficient (Wildman–Crippen LogP) is -0.335. The number of likely N-dealkylation sites (N-methyl/N-ethyl adjacent to an activating group) is 1. The lowest BCUT2D eigenvalue weighted by Crippen LogP contribution is -2.33. The van der Waals surface area contributed by atoms with Crippen molar-refractivity contribution >= 4 is 15.8 Å². The fourth-order valence-corrected chi connectivity index (χ4v) is 2.51. The van der Waals surface area contributed by atoms with Gasteiger partial charge < -0.3 is 10.8 Å². The third-order valence-corrected chi connectivity index (χ3v) is 3.80. The van der Waals surface area contributed by atoms with Gasteiger partial charge in [0.05, 0.1) is 11.0 Å². The second-order valence-corrected chi connectivity index (χ2v) is 5.60. The zero-order chi connectivity index (χ0) is 12.3. The molecule has 0 aliphatic heterocycles. The number of nitrogens with two attached hydrogens (primary N) is 1. The van der Waals surface area contributed by atoms with Gasteiger partial charge in [-0.05, 0) is 13.0 Å². The molecule has 0 amide bonds. The Kier molecular flexibility index (Phi) is 3.84. The largest absolute Gasteiger partial charge is 0.392 e. The molecule has 0 radical (unpaired) electrons. The van der Waals surface area contributed by atoms with Gasteiger partial charge in [0, 0.05) is 25.9 Å². The highest BCUT2D eigenvalue weighted by molar-refractivity contribution is 7.89. The van der Waals surface area contributed by atoms with E-state index in [9.17, 15) is 8.42 Å². The summed E-state index contributed by atoms with van der Waals surface area (Å²) in [6.45, 7) is 1.55. The van der Waals surface area contributed by atoms with E-state index in [2.05, 4.69) is 4.98 Å². The van der Waals surface area contributed by atoms with Crippen molar-refractivity contribution in [2.45, 2.75) is 17.9 Å². The Morgan fingerprint density at radius 3 is 2.75 bits per heavy atom. The van der Waals surface area contributed by atoms with E-state index in [0.717, 1.165) is 4.31 Å². The summed E-state index contributed by atoms with van der Waals surface area (Å²) in [5, 5.41) is 9.14. The number of rotatable bonds is 4. The minimum atomic E-state index is -3.60. The summed E-state index contributed by atoms with van der Waals surface area (Å²) in [4.78, 5) is 3.79. The Labute approximate surface area is 94.8 Å². The maximum atomic E-state index is 12.0. The number of aliphatic hydroxyl groups excluding tert-OH is 1. The first-order valence-electron chi connectivity index (χ1n) is 4.70. The second-order valence-electron chi connectivity index (χ2n) is 3.55. The van der Waals surface area contributed by atoms with Crippen molar-refractivity contribution < 1.29 is 13.5 Å². The van der Waals surface area contributed by atoms with Gasteiger partial charge in [-0.15, -0.1) is 0 Å². The zero-order valence-electron chi connectivity index (χ0n) is 9.16. The molecule has 1 unspecified atom stereocenters. The van der Waals surface area contributed by atoms with Crippen LogP contribution in [0, 0.1) is 0 Å². The number of nitrogens with zero attached hydrogens (tertiary/aromatic N) is 2. The van der Waals surface area contributed by atoms with Gasteiger partial charge in [0.15, 0.2) is 0 Å². The number of nitrogen functional groups attached to an aromatic ring is 1. The summed E-state index contributed by atoms with van der Waals surface area (Å²) >= 11 is 0. The molecular formula is C9H15N3O3S. The van der Waals surface area contributed by atoms with Gasteiger partial charge in [0.25, 0.3) is 0 Å². The number of pyridine rings is 1. The average molecular weight is 245 g/mol. The first kappa shape index (κ1) is 12.9. The van der Waals surface area contributed by atoms with Crippen molar-refractivity contribution in [1.29, 1.82) is 0 Å². The van der Waals surface area contributed by atoms with Crippen molar-refractivity contribution in [3.8, 4) is 0 Å². The van der Waals surface area contributed by atoms with E-state index in [0.29, 0.717) is 0 Å². The van der Waals surface area contributed by atoms with Crippen LogP contribution >= 0.6 is 0 Å². The number of anilines is 1. The molecule has 1 heterocycles. The summed E-state index contributed by atoms with van der Waals surface area (Å²) < 4.78 is 25.0. The highest BCUT2D eigenvalue weighted by Crippen LogP contribution is 2.15. The van der Waals surface area contributed by atoms with Crippen LogP contribution in [0.2, 0.25) is 0 Å². The molecule has 0 aromatic carbocycles. The van der Waals surface area contributed by atoms with E-state index in [-0.39, 0.29) is 17.3 Å². The molecule has 1 aromatic rings. The molecule has 0 saturated carbocycles. The van der Waals surface area contributed by atoms with Crippen molar-refractivity contribution in [1.82, 2.24) is 9.29 Å². The third kappa shape index (κ3) is 2.91. The molecule has 0 aliphatic rings. The molecule has 1 rings (SSSR count). The Morgan fingerprint density at radius 2 is 2.25 bits per heavy atom. The summed E-state index contributed by atoms with van der Waals surface area (Å²) in [6.07, 6.45) is 0.609. The lowest BCUT2D eigenvalue weighted by atomic mass is 10.4. The van der Waals surface area contributed by atoms with Crippen LogP contribution < -0.4 is 5.73 Å². The fourth-order valence-electron chi connectivity index (χ4n) is 1.24. The molecule has 1 aromatic heterocycles. The maximum Gasteiger partial charge on any atom is 0.243 e. The minimum absolute atomic E-state index is 0.0323. The zero-order valence-corrected chi connectivity index (χ0v) is 9.98. The molecule has 7 heteroatoms. The molecule has 90 valence electrons. The highest BCUT2D eigenvalue weighted by atomic mass is 32.2. The molecular weight excluding hydrogens is 230 g/mol. The lowest BCUT2D eigenvalue weighted by Gasteiger charge is -2.18. The van der Waals surface area contributed by atoms with Crippen molar-refractivity contribution in [3.05, 3.63) is 18.3 Å². The van der Waals surface area contributed by atoms with Crippen LogP contribution in [0.4, 0.5) is 5.82 Å². The van der Waals surface area contributed by atoms with Gasteiger partial charge in [-0.25, -0.2) is 13.4 Å². The SMILES string of the molecule is CC(O)CN(C)S(=O)(=O)c1ccnc(N)c1. The first-order chi connectivity index (χ1) is 7.34. The number of sulfonamides is 1. The summed E-state index contributed by atoms with van der Waals surface area (Å²) in [5.74, 6) is 0.145. The molecule has 0 spiro atoms. The first-order valence-corrected chi connectivity index (χ1v) is 6.14. The molecule has 0 fully saturated rings. The van der Waals surface area contributed by atoms with Gasteiger partial charge in [-0.1, -0.05) is 0 Å². The smallest absolute Gasteiger partial charge is 0.243 e. The normalized spacial score (nSPS) is 14.0. The minimum Gasteiger partial charge on any atom is -0.392 e. The average Bonchev–Trinajstić information content (AvgIpc) is 2.16. The second kappa shape index (κ2) is 4.77.